The third-order valence-electron chi connectivity index (χ3n) is 3.39. The summed E-state index contributed by atoms with van der Waals surface area (Å²) < 4.78 is 11.4. The molecule has 15 heavy (non-hydrogen) atoms. The molecule has 0 amide bonds. The molecule has 3 rings (SSSR count). The minimum Gasteiger partial charge on any atom is -0.378 e. The summed E-state index contributed by atoms with van der Waals surface area (Å²) in [5, 5.41) is 0.899. The van der Waals surface area contributed by atoms with Crippen molar-refractivity contribution < 1.29 is 9.47 Å². The van der Waals surface area contributed by atoms with Gasteiger partial charge in [0.1, 0.15) is 5.60 Å². The lowest BCUT2D eigenvalue weighted by atomic mass is 9.90. The van der Waals surface area contributed by atoms with Crippen LogP contribution in [0.1, 0.15) is 23.1 Å². The van der Waals surface area contributed by atoms with Gasteiger partial charge in [-0.1, -0.05) is 34.1 Å². The quantitative estimate of drug-likeness (QED) is 0.730. The van der Waals surface area contributed by atoms with Gasteiger partial charge in [-0.25, -0.2) is 0 Å². The van der Waals surface area contributed by atoms with Crippen LogP contribution in [-0.4, -0.2) is 13.2 Å². The fourth-order valence-electron chi connectivity index (χ4n) is 2.52. The molecule has 1 saturated heterocycles. The Hall–Kier alpha value is -0.380. The van der Waals surface area contributed by atoms with Crippen molar-refractivity contribution in [3.8, 4) is 0 Å². The second-order valence-corrected chi connectivity index (χ2v) is 4.72. The first-order chi connectivity index (χ1) is 7.36. The van der Waals surface area contributed by atoms with Gasteiger partial charge in [-0.15, -0.1) is 0 Å². The predicted molar refractivity (Wildman–Crippen MR) is 61.0 cm³/mol. The topological polar surface area (TPSA) is 18.5 Å². The maximum atomic E-state index is 5.97. The molecule has 1 fully saturated rings. The molecule has 0 aromatic heterocycles. The van der Waals surface area contributed by atoms with E-state index in [0.717, 1.165) is 25.0 Å². The Labute approximate surface area is 97.7 Å². The number of fused-ring (bicyclic) bond motifs is 2. The molecule has 2 aliphatic heterocycles. The minimum atomic E-state index is -0.131. The van der Waals surface area contributed by atoms with E-state index in [4.69, 9.17) is 9.47 Å². The second-order valence-electron chi connectivity index (χ2n) is 4.16. The van der Waals surface area contributed by atoms with Crippen molar-refractivity contribution in [2.45, 2.75) is 24.0 Å². The average molecular weight is 269 g/mol. The van der Waals surface area contributed by atoms with Gasteiger partial charge in [0.15, 0.2) is 0 Å². The summed E-state index contributed by atoms with van der Waals surface area (Å²) in [5.41, 5.74) is 3.92. The zero-order chi connectivity index (χ0) is 10.3. The Morgan fingerprint density at radius 1 is 1.40 bits per heavy atom. The molecular weight excluding hydrogens is 256 g/mol. The van der Waals surface area contributed by atoms with E-state index in [1.165, 1.54) is 16.7 Å². The maximum absolute atomic E-state index is 5.97. The van der Waals surface area contributed by atoms with E-state index in [1.54, 1.807) is 0 Å². The largest absolute Gasteiger partial charge is 0.378 e. The normalized spacial score (nSPS) is 28.6. The molecule has 2 nitrogen and oxygen atoms in total. The van der Waals surface area contributed by atoms with E-state index >= 15 is 0 Å². The first-order valence-electron chi connectivity index (χ1n) is 5.25. The first kappa shape index (κ1) is 9.82. The van der Waals surface area contributed by atoms with Gasteiger partial charge in [-0.3, -0.25) is 0 Å². The smallest absolute Gasteiger partial charge is 0.119 e. The zero-order valence-corrected chi connectivity index (χ0v) is 10.0. The van der Waals surface area contributed by atoms with Crippen molar-refractivity contribution in [1.29, 1.82) is 0 Å². The summed E-state index contributed by atoms with van der Waals surface area (Å²) >= 11 is 3.52. The van der Waals surface area contributed by atoms with Crippen LogP contribution in [0.15, 0.2) is 18.2 Å². The van der Waals surface area contributed by atoms with Gasteiger partial charge in [-0.05, 0) is 16.7 Å². The Morgan fingerprint density at radius 3 is 3.07 bits per heavy atom. The van der Waals surface area contributed by atoms with E-state index in [-0.39, 0.29) is 5.60 Å². The van der Waals surface area contributed by atoms with E-state index in [2.05, 4.69) is 34.1 Å². The molecule has 1 aromatic carbocycles. The number of hydrogen-bond donors (Lipinski definition) is 0. The van der Waals surface area contributed by atoms with Crippen LogP contribution in [0, 0.1) is 0 Å². The van der Waals surface area contributed by atoms with Crippen LogP contribution in [-0.2, 0) is 27.0 Å². The van der Waals surface area contributed by atoms with Crippen molar-refractivity contribution in [3.05, 3.63) is 34.9 Å². The van der Waals surface area contributed by atoms with Crippen molar-refractivity contribution in [2.24, 2.45) is 0 Å². The highest BCUT2D eigenvalue weighted by molar-refractivity contribution is 9.08. The first-order valence-corrected chi connectivity index (χ1v) is 6.37. The summed E-state index contributed by atoms with van der Waals surface area (Å²) in [5.74, 6) is 0. The fourth-order valence-corrected chi connectivity index (χ4v) is 3.04. The van der Waals surface area contributed by atoms with E-state index in [1.807, 2.05) is 0 Å². The molecule has 0 bridgehead atoms. The van der Waals surface area contributed by atoms with Crippen LogP contribution in [0.3, 0.4) is 0 Å². The molecule has 3 heteroatoms. The molecule has 1 spiro atoms. The van der Waals surface area contributed by atoms with Crippen molar-refractivity contribution in [3.63, 3.8) is 0 Å². The molecule has 0 aliphatic carbocycles. The molecule has 0 saturated carbocycles. The monoisotopic (exact) mass is 268 g/mol. The summed E-state index contributed by atoms with van der Waals surface area (Å²) in [4.78, 5) is 0. The van der Waals surface area contributed by atoms with Gasteiger partial charge >= 0.3 is 0 Å². The van der Waals surface area contributed by atoms with Gasteiger partial charge in [0, 0.05) is 18.4 Å². The number of ether oxygens (including phenoxy) is 2. The Morgan fingerprint density at radius 2 is 2.33 bits per heavy atom. The molecule has 1 unspecified atom stereocenters. The maximum Gasteiger partial charge on any atom is 0.119 e. The second kappa shape index (κ2) is 3.58. The van der Waals surface area contributed by atoms with E-state index < -0.39 is 0 Å². The molecule has 2 heterocycles. The van der Waals surface area contributed by atoms with Crippen LogP contribution in [0.4, 0.5) is 0 Å². The number of halogens is 1. The lowest BCUT2D eigenvalue weighted by Crippen LogP contribution is -2.25. The lowest BCUT2D eigenvalue weighted by Gasteiger charge is -2.21. The van der Waals surface area contributed by atoms with Gasteiger partial charge in [0.25, 0.3) is 0 Å². The SMILES string of the molecule is BrCc1cccc2c1COC21CCOC1. The van der Waals surface area contributed by atoms with Gasteiger partial charge in [0.05, 0.1) is 13.2 Å². The zero-order valence-electron chi connectivity index (χ0n) is 8.46. The highest BCUT2D eigenvalue weighted by Gasteiger charge is 2.43. The third kappa shape index (κ3) is 1.37. The minimum absolute atomic E-state index is 0.131. The van der Waals surface area contributed by atoms with Crippen molar-refractivity contribution in [1.82, 2.24) is 0 Å². The number of benzene rings is 1. The van der Waals surface area contributed by atoms with Crippen LogP contribution >= 0.6 is 15.9 Å². The van der Waals surface area contributed by atoms with Crippen LogP contribution in [0.25, 0.3) is 0 Å². The van der Waals surface area contributed by atoms with Gasteiger partial charge in [0.2, 0.25) is 0 Å². The number of hydrogen-bond acceptors (Lipinski definition) is 2. The lowest BCUT2D eigenvalue weighted by molar-refractivity contribution is -0.0421. The molecular formula is C12H13BrO2. The molecule has 80 valence electrons. The number of rotatable bonds is 1. The molecule has 1 atom stereocenters. The Kier molecular flexibility index (Phi) is 2.34. The Balaban J connectivity index is 2.10. The molecule has 0 radical (unpaired) electrons. The van der Waals surface area contributed by atoms with E-state index in [0.29, 0.717) is 6.61 Å². The molecule has 2 aliphatic rings. The van der Waals surface area contributed by atoms with Crippen LogP contribution < -0.4 is 0 Å². The average Bonchev–Trinajstić information content (AvgIpc) is 2.89. The predicted octanol–water partition coefficient (Wildman–Crippen LogP) is 2.73. The highest BCUT2D eigenvalue weighted by Crippen LogP contribution is 2.43. The third-order valence-corrected chi connectivity index (χ3v) is 3.99. The van der Waals surface area contributed by atoms with Gasteiger partial charge in [-0.2, -0.15) is 0 Å². The van der Waals surface area contributed by atoms with Crippen molar-refractivity contribution in [2.75, 3.05) is 13.2 Å². The summed E-state index contributed by atoms with van der Waals surface area (Å²) in [6.07, 6.45) is 0.992. The fraction of sp³-hybridized carbons (Fsp3) is 0.500. The molecule has 1 aromatic rings. The molecule has 0 N–H and O–H groups in total. The standard InChI is InChI=1S/C12H13BrO2/c13-6-9-2-1-3-11-10(9)7-15-12(11)4-5-14-8-12/h1-3H,4-8H2. The van der Waals surface area contributed by atoms with Crippen LogP contribution in [0.2, 0.25) is 0 Å². The summed E-state index contributed by atoms with van der Waals surface area (Å²) in [6.45, 7) is 2.27. The van der Waals surface area contributed by atoms with Crippen LogP contribution in [0.5, 0.6) is 0 Å². The van der Waals surface area contributed by atoms with Gasteiger partial charge < -0.3 is 9.47 Å². The highest BCUT2D eigenvalue weighted by atomic mass is 79.9. The Bertz CT molecular complexity index is 383. The van der Waals surface area contributed by atoms with E-state index in [9.17, 15) is 0 Å². The van der Waals surface area contributed by atoms with Crippen molar-refractivity contribution >= 4 is 15.9 Å². The summed E-state index contributed by atoms with van der Waals surface area (Å²) in [7, 11) is 0. The number of alkyl halides is 1. The summed E-state index contributed by atoms with van der Waals surface area (Å²) in [6, 6.07) is 6.46.